The monoisotopic (exact) mass is 211 g/mol. The van der Waals surface area contributed by atoms with Gasteiger partial charge in [0.15, 0.2) is 0 Å². The number of nitrogens with two attached hydrogens (primary N) is 1. The minimum absolute atomic E-state index is 0.0220. The summed E-state index contributed by atoms with van der Waals surface area (Å²) in [5.41, 5.74) is 4.41. The molecule has 0 aromatic carbocycles. The molecule has 15 heavy (non-hydrogen) atoms. The summed E-state index contributed by atoms with van der Waals surface area (Å²) >= 11 is 0. The van der Waals surface area contributed by atoms with Crippen LogP contribution in [0.25, 0.3) is 0 Å². The second-order valence-electron chi connectivity index (χ2n) is 5.81. The van der Waals surface area contributed by atoms with Crippen LogP contribution < -0.4 is 5.73 Å². The molecule has 2 atom stereocenters. The predicted molar refractivity (Wildman–Crippen MR) is 53.1 cm³/mol. The number of hydrogen-bond acceptors (Lipinski definition) is 3. The van der Waals surface area contributed by atoms with Crippen LogP contribution in [0.2, 0.25) is 0 Å². The maximum atomic E-state index is 11.3. The molecule has 4 nitrogen and oxygen atoms in total. The standard InChI is InChI=1S/C11H17NO3/c12-11(9(13)14)7-1-6-2-8(11)5-10(15,3-6)4-7/h6-8,15H,1-5,12H2,(H,13,14). The smallest absolute Gasteiger partial charge is 0.324 e. The Balaban J connectivity index is 2.01. The van der Waals surface area contributed by atoms with E-state index < -0.39 is 17.1 Å². The fourth-order valence-electron chi connectivity index (χ4n) is 4.35. The lowest BCUT2D eigenvalue weighted by atomic mass is 9.47. The number of carboxylic acids is 1. The number of carboxylic acid groups (broad SMARTS) is 1. The van der Waals surface area contributed by atoms with E-state index in [1.54, 1.807) is 0 Å². The summed E-state index contributed by atoms with van der Waals surface area (Å²) in [6.07, 6.45) is 3.81. The van der Waals surface area contributed by atoms with Crippen LogP contribution in [-0.4, -0.2) is 27.3 Å². The summed E-state index contributed by atoms with van der Waals surface area (Å²) in [5.74, 6) is -0.416. The average Bonchev–Trinajstić information content (AvgIpc) is 2.10. The molecule has 0 aromatic rings. The molecule has 2 unspecified atom stereocenters. The molecule has 4 aliphatic rings. The molecule has 0 spiro atoms. The summed E-state index contributed by atoms with van der Waals surface area (Å²) in [6, 6.07) is 0. The van der Waals surface area contributed by atoms with E-state index in [1.807, 2.05) is 0 Å². The first-order valence-electron chi connectivity index (χ1n) is 5.69. The first-order chi connectivity index (χ1) is 6.94. The van der Waals surface area contributed by atoms with E-state index >= 15 is 0 Å². The van der Waals surface area contributed by atoms with Crippen molar-refractivity contribution in [3.63, 3.8) is 0 Å². The molecule has 0 heterocycles. The van der Waals surface area contributed by atoms with E-state index in [0.29, 0.717) is 18.8 Å². The van der Waals surface area contributed by atoms with Crippen LogP contribution in [0.4, 0.5) is 0 Å². The number of carbonyl (C=O) groups is 1. The molecule has 0 aliphatic heterocycles. The van der Waals surface area contributed by atoms with E-state index in [1.165, 1.54) is 0 Å². The van der Waals surface area contributed by atoms with Crippen molar-refractivity contribution in [2.24, 2.45) is 23.5 Å². The Morgan fingerprint density at radius 3 is 2.13 bits per heavy atom. The molecule has 0 saturated heterocycles. The Morgan fingerprint density at radius 2 is 1.73 bits per heavy atom. The van der Waals surface area contributed by atoms with E-state index in [9.17, 15) is 15.0 Å². The topological polar surface area (TPSA) is 83.6 Å². The van der Waals surface area contributed by atoms with Crippen molar-refractivity contribution in [3.8, 4) is 0 Å². The number of aliphatic hydroxyl groups is 1. The van der Waals surface area contributed by atoms with Crippen molar-refractivity contribution in [2.75, 3.05) is 0 Å². The van der Waals surface area contributed by atoms with Gasteiger partial charge in [-0.15, -0.1) is 0 Å². The normalized spacial score (nSPS) is 57.1. The maximum Gasteiger partial charge on any atom is 0.324 e. The first-order valence-corrected chi connectivity index (χ1v) is 5.69. The van der Waals surface area contributed by atoms with Gasteiger partial charge in [0.05, 0.1) is 5.60 Å². The largest absolute Gasteiger partial charge is 0.480 e. The molecular weight excluding hydrogens is 194 g/mol. The SMILES string of the molecule is NC1(C(=O)O)C2CC3CC1CC(O)(C3)C2. The van der Waals surface area contributed by atoms with Crippen molar-refractivity contribution in [2.45, 2.75) is 43.2 Å². The highest BCUT2D eigenvalue weighted by molar-refractivity contribution is 5.80. The third-order valence-corrected chi connectivity index (χ3v) is 4.88. The summed E-state index contributed by atoms with van der Waals surface area (Å²) in [5, 5.41) is 19.5. The molecule has 4 saturated carbocycles. The fraction of sp³-hybridized carbons (Fsp3) is 0.909. The van der Waals surface area contributed by atoms with E-state index in [4.69, 9.17) is 5.73 Å². The Bertz CT molecular complexity index is 312. The van der Waals surface area contributed by atoms with Crippen LogP contribution in [0, 0.1) is 17.8 Å². The van der Waals surface area contributed by atoms with Crippen molar-refractivity contribution in [3.05, 3.63) is 0 Å². The van der Waals surface area contributed by atoms with Gasteiger partial charge in [0.25, 0.3) is 0 Å². The van der Waals surface area contributed by atoms with Gasteiger partial charge in [0.2, 0.25) is 0 Å². The second kappa shape index (κ2) is 2.55. The zero-order valence-electron chi connectivity index (χ0n) is 8.65. The summed E-state index contributed by atoms with van der Waals surface area (Å²) < 4.78 is 0. The molecule has 4 N–H and O–H groups in total. The molecule has 4 fully saturated rings. The third kappa shape index (κ3) is 1.06. The lowest BCUT2D eigenvalue weighted by molar-refractivity contribution is -0.183. The lowest BCUT2D eigenvalue weighted by Gasteiger charge is -2.60. The van der Waals surface area contributed by atoms with Gasteiger partial charge in [0, 0.05) is 0 Å². The third-order valence-electron chi connectivity index (χ3n) is 4.88. The molecule has 0 radical (unpaired) electrons. The maximum absolute atomic E-state index is 11.3. The van der Waals surface area contributed by atoms with Crippen LogP contribution in [-0.2, 0) is 4.79 Å². The average molecular weight is 211 g/mol. The highest BCUT2D eigenvalue weighted by Crippen LogP contribution is 2.59. The molecule has 0 aromatic heterocycles. The number of rotatable bonds is 1. The molecule has 4 bridgehead atoms. The minimum atomic E-state index is -1.07. The van der Waals surface area contributed by atoms with Gasteiger partial charge < -0.3 is 15.9 Å². The van der Waals surface area contributed by atoms with Gasteiger partial charge >= 0.3 is 5.97 Å². The number of hydrogen-bond donors (Lipinski definition) is 3. The quantitative estimate of drug-likeness (QED) is 0.584. The summed E-state index contributed by atoms with van der Waals surface area (Å²) in [6.45, 7) is 0. The predicted octanol–water partition coefficient (Wildman–Crippen LogP) is 0.339. The van der Waals surface area contributed by atoms with Crippen molar-refractivity contribution in [1.82, 2.24) is 0 Å². The Kier molecular flexibility index (Phi) is 1.63. The first kappa shape index (κ1) is 9.60. The molecule has 84 valence electrons. The van der Waals surface area contributed by atoms with Crippen LogP contribution in [0.5, 0.6) is 0 Å². The van der Waals surface area contributed by atoms with Crippen molar-refractivity contribution in [1.29, 1.82) is 0 Å². The summed E-state index contributed by atoms with van der Waals surface area (Å²) in [4.78, 5) is 11.3. The van der Waals surface area contributed by atoms with Crippen molar-refractivity contribution >= 4 is 5.97 Å². The Labute approximate surface area is 88.5 Å². The molecule has 4 heteroatoms. The highest BCUT2D eigenvalue weighted by atomic mass is 16.4. The van der Waals surface area contributed by atoms with Gasteiger partial charge in [0.1, 0.15) is 5.54 Å². The molecular formula is C11H17NO3. The Morgan fingerprint density at radius 1 is 1.20 bits per heavy atom. The van der Waals surface area contributed by atoms with Gasteiger partial charge in [-0.1, -0.05) is 0 Å². The Hall–Kier alpha value is -0.610. The van der Waals surface area contributed by atoms with Gasteiger partial charge in [-0.05, 0) is 49.9 Å². The second-order valence-corrected chi connectivity index (χ2v) is 5.81. The van der Waals surface area contributed by atoms with Gasteiger partial charge in [-0.2, -0.15) is 0 Å². The highest BCUT2D eigenvalue weighted by Gasteiger charge is 2.63. The zero-order valence-corrected chi connectivity index (χ0v) is 8.65. The fourth-order valence-corrected chi connectivity index (χ4v) is 4.35. The van der Waals surface area contributed by atoms with Crippen LogP contribution >= 0.6 is 0 Å². The van der Waals surface area contributed by atoms with E-state index in [-0.39, 0.29) is 11.8 Å². The lowest BCUT2D eigenvalue weighted by Crippen LogP contribution is -2.70. The van der Waals surface area contributed by atoms with Crippen molar-refractivity contribution < 1.29 is 15.0 Å². The molecule has 4 aliphatic carbocycles. The van der Waals surface area contributed by atoms with Crippen LogP contribution in [0.15, 0.2) is 0 Å². The summed E-state index contributed by atoms with van der Waals surface area (Å²) in [7, 11) is 0. The van der Waals surface area contributed by atoms with E-state index in [0.717, 1.165) is 19.3 Å². The van der Waals surface area contributed by atoms with Crippen LogP contribution in [0.3, 0.4) is 0 Å². The van der Waals surface area contributed by atoms with Gasteiger partial charge in [-0.3, -0.25) is 4.79 Å². The molecule has 4 rings (SSSR count). The van der Waals surface area contributed by atoms with E-state index in [2.05, 4.69) is 0 Å². The zero-order chi connectivity index (χ0) is 10.8. The van der Waals surface area contributed by atoms with Crippen LogP contribution in [0.1, 0.15) is 32.1 Å². The minimum Gasteiger partial charge on any atom is -0.480 e. The molecule has 0 amide bonds. The van der Waals surface area contributed by atoms with Gasteiger partial charge in [-0.25, -0.2) is 0 Å². The number of aliphatic carboxylic acids is 1.